The van der Waals surface area contributed by atoms with E-state index in [2.05, 4.69) is 25.0 Å². The van der Waals surface area contributed by atoms with Crippen LogP contribution in [0.3, 0.4) is 0 Å². The average molecular weight is 438 g/mol. The van der Waals surface area contributed by atoms with Crippen LogP contribution in [0.5, 0.6) is 0 Å². The third-order valence-electron chi connectivity index (χ3n) is 5.62. The molecule has 1 aromatic heterocycles. The maximum absolute atomic E-state index is 13.3. The summed E-state index contributed by atoms with van der Waals surface area (Å²) >= 11 is 1.42. The van der Waals surface area contributed by atoms with Crippen LogP contribution in [0.15, 0.2) is 59.8 Å². The van der Waals surface area contributed by atoms with Gasteiger partial charge in [-0.2, -0.15) is 0 Å². The van der Waals surface area contributed by atoms with Gasteiger partial charge in [-0.15, -0.1) is 10.2 Å². The Morgan fingerprint density at radius 3 is 2.42 bits per heavy atom. The first kappa shape index (κ1) is 20.1. The molecule has 6 nitrogen and oxygen atoms in total. The number of benzene rings is 2. The van der Waals surface area contributed by atoms with E-state index in [1.165, 1.54) is 36.7 Å². The fourth-order valence-electron chi connectivity index (χ4n) is 3.88. The Morgan fingerprint density at radius 1 is 1.03 bits per heavy atom. The standard InChI is InChI=1S/C23H24FN5OS/c24-17-8-10-18(11-9-17)25-21(30)20(16-6-2-1-3-7-16)31-23-27-26-22(28-14-4-5-15-28)29(23)19-12-13-19/h1-3,6-11,19-20H,4-5,12-15H2,(H,25,30). The summed E-state index contributed by atoms with van der Waals surface area (Å²) in [5.41, 5.74) is 1.45. The minimum Gasteiger partial charge on any atom is -0.341 e. The van der Waals surface area contributed by atoms with E-state index in [0.717, 1.165) is 42.6 Å². The number of amides is 1. The predicted molar refractivity (Wildman–Crippen MR) is 120 cm³/mol. The Bertz CT molecular complexity index is 1050. The molecule has 2 fully saturated rings. The molecule has 1 atom stereocenters. The second kappa shape index (κ2) is 8.70. The van der Waals surface area contributed by atoms with Gasteiger partial charge in [-0.05, 0) is 55.5 Å². The summed E-state index contributed by atoms with van der Waals surface area (Å²) < 4.78 is 15.5. The monoisotopic (exact) mass is 437 g/mol. The second-order valence-corrected chi connectivity index (χ2v) is 9.05. The molecular formula is C23H24FN5OS. The number of anilines is 2. The molecular weight excluding hydrogens is 413 g/mol. The number of nitrogens with zero attached hydrogens (tertiary/aromatic N) is 4. The van der Waals surface area contributed by atoms with Crippen LogP contribution < -0.4 is 10.2 Å². The van der Waals surface area contributed by atoms with Gasteiger partial charge in [0, 0.05) is 24.8 Å². The molecule has 1 saturated carbocycles. The molecule has 2 aromatic carbocycles. The third-order valence-corrected chi connectivity index (χ3v) is 6.83. The Hall–Kier alpha value is -2.87. The van der Waals surface area contributed by atoms with Gasteiger partial charge in [0.25, 0.3) is 0 Å². The van der Waals surface area contributed by atoms with Crippen LogP contribution in [0.1, 0.15) is 42.5 Å². The van der Waals surface area contributed by atoms with Crippen LogP contribution in [-0.4, -0.2) is 33.8 Å². The highest BCUT2D eigenvalue weighted by molar-refractivity contribution is 8.00. The van der Waals surface area contributed by atoms with Gasteiger partial charge in [0.15, 0.2) is 5.16 Å². The van der Waals surface area contributed by atoms with Crippen molar-refractivity contribution in [3.63, 3.8) is 0 Å². The van der Waals surface area contributed by atoms with E-state index in [4.69, 9.17) is 0 Å². The molecule has 8 heteroatoms. The average Bonchev–Trinajstić information content (AvgIpc) is 3.31. The van der Waals surface area contributed by atoms with Crippen LogP contribution in [0.2, 0.25) is 0 Å². The van der Waals surface area contributed by atoms with Crippen LogP contribution in [0.4, 0.5) is 16.0 Å². The maximum Gasteiger partial charge on any atom is 0.242 e. The fourth-order valence-corrected chi connectivity index (χ4v) is 4.98. The highest BCUT2D eigenvalue weighted by Gasteiger charge is 2.34. The van der Waals surface area contributed by atoms with Gasteiger partial charge in [0.1, 0.15) is 11.1 Å². The number of aromatic nitrogens is 3. The van der Waals surface area contributed by atoms with Gasteiger partial charge in [-0.25, -0.2) is 4.39 Å². The first-order chi connectivity index (χ1) is 15.2. The van der Waals surface area contributed by atoms with Gasteiger partial charge in [0.2, 0.25) is 11.9 Å². The zero-order chi connectivity index (χ0) is 21.2. The van der Waals surface area contributed by atoms with Gasteiger partial charge < -0.3 is 10.2 Å². The van der Waals surface area contributed by atoms with Crippen molar-refractivity contribution in [2.24, 2.45) is 0 Å². The Balaban J connectivity index is 1.44. The van der Waals surface area contributed by atoms with Gasteiger partial charge in [0.05, 0.1) is 0 Å². The first-order valence-electron chi connectivity index (χ1n) is 10.7. The second-order valence-electron chi connectivity index (χ2n) is 7.98. The molecule has 2 heterocycles. The topological polar surface area (TPSA) is 63.1 Å². The molecule has 3 aromatic rings. The van der Waals surface area contributed by atoms with Crippen molar-refractivity contribution in [3.05, 3.63) is 66.0 Å². The van der Waals surface area contributed by atoms with Crippen LogP contribution in [0.25, 0.3) is 0 Å². The van der Waals surface area contributed by atoms with Crippen molar-refractivity contribution < 1.29 is 9.18 Å². The number of halogens is 1. The molecule has 1 N–H and O–H groups in total. The lowest BCUT2D eigenvalue weighted by Crippen LogP contribution is -2.22. The summed E-state index contributed by atoms with van der Waals surface area (Å²) in [5.74, 6) is 0.420. The number of nitrogens with one attached hydrogen (secondary N) is 1. The van der Waals surface area contributed by atoms with Crippen molar-refractivity contribution in [2.75, 3.05) is 23.3 Å². The minimum atomic E-state index is -0.501. The number of carbonyl (C=O) groups excluding carboxylic acids is 1. The van der Waals surface area contributed by atoms with Gasteiger partial charge in [-0.3, -0.25) is 9.36 Å². The quantitative estimate of drug-likeness (QED) is 0.537. The number of hydrogen-bond acceptors (Lipinski definition) is 5. The number of carbonyl (C=O) groups is 1. The molecule has 1 aliphatic carbocycles. The summed E-state index contributed by atoms with van der Waals surface area (Å²) in [6.07, 6.45) is 4.58. The van der Waals surface area contributed by atoms with E-state index < -0.39 is 5.25 Å². The van der Waals surface area contributed by atoms with Crippen LogP contribution in [0, 0.1) is 5.82 Å². The normalized spacial score (nSPS) is 17.0. The van der Waals surface area contributed by atoms with E-state index in [1.807, 2.05) is 30.3 Å². The molecule has 31 heavy (non-hydrogen) atoms. The van der Waals surface area contributed by atoms with E-state index in [0.29, 0.717) is 11.7 Å². The van der Waals surface area contributed by atoms with E-state index in [-0.39, 0.29) is 11.7 Å². The minimum absolute atomic E-state index is 0.170. The lowest BCUT2D eigenvalue weighted by Gasteiger charge is -2.20. The highest BCUT2D eigenvalue weighted by atomic mass is 32.2. The van der Waals surface area contributed by atoms with Gasteiger partial charge in [-0.1, -0.05) is 42.1 Å². The Labute approximate surface area is 184 Å². The Morgan fingerprint density at radius 2 is 1.74 bits per heavy atom. The summed E-state index contributed by atoms with van der Waals surface area (Å²) in [7, 11) is 0. The van der Waals surface area contributed by atoms with Crippen molar-refractivity contribution in [1.29, 1.82) is 0 Å². The maximum atomic E-state index is 13.3. The van der Waals surface area contributed by atoms with Gasteiger partial charge >= 0.3 is 0 Å². The molecule has 1 saturated heterocycles. The fraction of sp³-hybridized carbons (Fsp3) is 0.348. The molecule has 1 unspecified atom stereocenters. The third kappa shape index (κ3) is 4.44. The smallest absolute Gasteiger partial charge is 0.242 e. The lowest BCUT2D eigenvalue weighted by molar-refractivity contribution is -0.115. The molecule has 2 aliphatic rings. The van der Waals surface area contributed by atoms with E-state index in [9.17, 15) is 9.18 Å². The highest BCUT2D eigenvalue weighted by Crippen LogP contribution is 2.44. The zero-order valence-electron chi connectivity index (χ0n) is 17.1. The summed E-state index contributed by atoms with van der Waals surface area (Å²) in [6.45, 7) is 2.01. The summed E-state index contributed by atoms with van der Waals surface area (Å²) in [6, 6.07) is 15.9. The summed E-state index contributed by atoms with van der Waals surface area (Å²) in [5, 5.41) is 12.2. The van der Waals surface area contributed by atoms with Crippen molar-refractivity contribution in [3.8, 4) is 0 Å². The number of hydrogen-bond donors (Lipinski definition) is 1. The molecule has 0 radical (unpaired) electrons. The molecule has 5 rings (SSSR count). The van der Waals surface area contributed by atoms with Crippen LogP contribution in [-0.2, 0) is 4.79 Å². The largest absolute Gasteiger partial charge is 0.341 e. The van der Waals surface area contributed by atoms with E-state index >= 15 is 0 Å². The molecule has 0 spiro atoms. The lowest BCUT2D eigenvalue weighted by atomic mass is 10.1. The van der Waals surface area contributed by atoms with Crippen molar-refractivity contribution in [1.82, 2.24) is 14.8 Å². The number of rotatable bonds is 7. The SMILES string of the molecule is O=C(Nc1ccc(F)cc1)C(Sc1nnc(N2CCCC2)n1C1CC1)c1ccccc1. The van der Waals surface area contributed by atoms with Crippen molar-refractivity contribution >= 4 is 29.3 Å². The van der Waals surface area contributed by atoms with E-state index in [1.54, 1.807) is 12.1 Å². The van der Waals surface area contributed by atoms with Crippen LogP contribution >= 0.6 is 11.8 Å². The van der Waals surface area contributed by atoms with Crippen molar-refractivity contribution in [2.45, 2.75) is 42.1 Å². The Kier molecular flexibility index (Phi) is 5.63. The summed E-state index contributed by atoms with van der Waals surface area (Å²) in [4.78, 5) is 15.6. The zero-order valence-corrected chi connectivity index (χ0v) is 17.9. The molecule has 0 bridgehead atoms. The first-order valence-corrected chi connectivity index (χ1v) is 11.5. The molecule has 160 valence electrons. The number of thioether (sulfide) groups is 1. The molecule has 1 amide bonds. The molecule has 1 aliphatic heterocycles. The predicted octanol–water partition coefficient (Wildman–Crippen LogP) is 4.82.